The van der Waals surface area contributed by atoms with Crippen LogP contribution in [0, 0.1) is 0 Å². The quantitative estimate of drug-likeness (QED) is 0.475. The molecule has 3 aromatic carbocycles. The molecule has 1 amide bonds. The number of halogens is 2. The van der Waals surface area contributed by atoms with Gasteiger partial charge in [0.25, 0.3) is 5.91 Å². The summed E-state index contributed by atoms with van der Waals surface area (Å²) in [5.41, 5.74) is 2.80. The molecular weight excluding hydrogens is 435 g/mol. The van der Waals surface area contributed by atoms with E-state index in [1.807, 2.05) is 54.6 Å². The smallest absolute Gasteiger partial charge is 0.281 e. The highest BCUT2D eigenvalue weighted by molar-refractivity contribution is 6.35. The van der Waals surface area contributed by atoms with Crippen LogP contribution in [0.3, 0.4) is 0 Å². The topological polar surface area (TPSA) is 51.1 Å². The summed E-state index contributed by atoms with van der Waals surface area (Å²) < 4.78 is 10.9. The van der Waals surface area contributed by atoms with Gasteiger partial charge in [-0.05, 0) is 41.5 Å². The molecule has 3 aromatic rings. The fraction of sp³-hybridized carbons (Fsp3) is 0.167. The Bertz CT molecular complexity index is 1100. The lowest BCUT2D eigenvalue weighted by atomic mass is 9.98. The molecule has 0 radical (unpaired) electrons. The van der Waals surface area contributed by atoms with Gasteiger partial charge in [-0.1, -0.05) is 65.7 Å². The number of benzene rings is 3. The number of hydrogen-bond donors (Lipinski definition) is 0. The molecule has 0 bridgehead atoms. The molecule has 5 nitrogen and oxygen atoms in total. The zero-order valence-electron chi connectivity index (χ0n) is 16.8. The molecule has 1 aliphatic heterocycles. The molecule has 0 saturated carbocycles. The molecule has 4 rings (SSSR count). The highest BCUT2D eigenvalue weighted by atomic mass is 35.5. The third-order valence-electron chi connectivity index (χ3n) is 5.02. The Balaban J connectivity index is 1.57. The van der Waals surface area contributed by atoms with E-state index in [2.05, 4.69) is 5.10 Å². The number of ether oxygens (including phenoxy) is 2. The normalized spacial score (nSPS) is 15.5. The lowest BCUT2D eigenvalue weighted by Crippen LogP contribution is -2.31. The highest BCUT2D eigenvalue weighted by Gasteiger charge is 2.33. The van der Waals surface area contributed by atoms with Crippen LogP contribution in [0.5, 0.6) is 11.5 Å². The maximum atomic E-state index is 13.1. The van der Waals surface area contributed by atoms with Crippen molar-refractivity contribution in [2.75, 3.05) is 13.7 Å². The van der Waals surface area contributed by atoms with Gasteiger partial charge in [0.1, 0.15) is 11.5 Å². The Morgan fingerprint density at radius 1 is 1.06 bits per heavy atom. The van der Waals surface area contributed by atoms with Gasteiger partial charge in [-0.15, -0.1) is 0 Å². The maximum absolute atomic E-state index is 13.1. The molecule has 158 valence electrons. The van der Waals surface area contributed by atoms with Crippen LogP contribution in [-0.4, -0.2) is 30.3 Å². The third kappa shape index (κ3) is 4.84. The fourth-order valence-corrected chi connectivity index (χ4v) is 3.89. The molecule has 0 saturated heterocycles. The second kappa shape index (κ2) is 9.41. The monoisotopic (exact) mass is 454 g/mol. The lowest BCUT2D eigenvalue weighted by molar-refractivity contribution is -0.135. The van der Waals surface area contributed by atoms with Gasteiger partial charge < -0.3 is 9.47 Å². The van der Waals surface area contributed by atoms with Crippen LogP contribution < -0.4 is 9.47 Å². The van der Waals surface area contributed by atoms with Gasteiger partial charge in [0, 0.05) is 11.4 Å². The molecule has 31 heavy (non-hydrogen) atoms. The van der Waals surface area contributed by atoms with Gasteiger partial charge in [0.05, 0.1) is 23.9 Å². The Kier molecular flexibility index (Phi) is 6.44. The predicted octanol–water partition coefficient (Wildman–Crippen LogP) is 5.76. The molecule has 0 fully saturated rings. The largest absolute Gasteiger partial charge is 0.497 e. The van der Waals surface area contributed by atoms with E-state index in [1.54, 1.807) is 25.3 Å². The van der Waals surface area contributed by atoms with Crippen molar-refractivity contribution in [3.05, 3.63) is 94.0 Å². The van der Waals surface area contributed by atoms with Crippen molar-refractivity contribution in [2.45, 2.75) is 12.5 Å². The number of hydrazone groups is 1. The molecule has 1 heterocycles. The minimum atomic E-state index is -0.266. The van der Waals surface area contributed by atoms with Gasteiger partial charge in [-0.25, -0.2) is 5.01 Å². The van der Waals surface area contributed by atoms with E-state index in [9.17, 15) is 4.79 Å². The van der Waals surface area contributed by atoms with Crippen LogP contribution in [0.1, 0.15) is 23.6 Å². The summed E-state index contributed by atoms with van der Waals surface area (Å²) in [4.78, 5) is 13.1. The minimum absolute atomic E-state index is 0.195. The standard InChI is InChI=1S/C24H20Cl2N2O3/c1-30-19-10-7-17(8-11-19)22-14-21(16-5-3-2-4-6-16)27-28(22)24(29)15-31-23-12-9-18(25)13-20(23)26/h2-13,22H,14-15H2,1H3/t22-/m1/s1. The molecule has 7 heteroatoms. The summed E-state index contributed by atoms with van der Waals surface area (Å²) in [7, 11) is 1.62. The Morgan fingerprint density at radius 3 is 2.48 bits per heavy atom. The van der Waals surface area contributed by atoms with Crippen molar-refractivity contribution in [2.24, 2.45) is 5.10 Å². The molecule has 1 atom stereocenters. The highest BCUT2D eigenvalue weighted by Crippen LogP contribution is 2.34. The van der Waals surface area contributed by atoms with Gasteiger partial charge in [-0.3, -0.25) is 4.79 Å². The minimum Gasteiger partial charge on any atom is -0.497 e. The maximum Gasteiger partial charge on any atom is 0.281 e. The van der Waals surface area contributed by atoms with E-state index in [0.29, 0.717) is 22.2 Å². The first kappa shape index (κ1) is 21.2. The number of carbonyl (C=O) groups excluding carboxylic acids is 1. The van der Waals surface area contributed by atoms with Gasteiger partial charge >= 0.3 is 0 Å². The average Bonchev–Trinajstić information content (AvgIpc) is 3.25. The average molecular weight is 455 g/mol. The molecular formula is C24H20Cl2N2O3. The van der Waals surface area contributed by atoms with E-state index in [4.69, 9.17) is 32.7 Å². The van der Waals surface area contributed by atoms with Crippen molar-refractivity contribution in [3.63, 3.8) is 0 Å². The number of nitrogens with zero attached hydrogens (tertiary/aromatic N) is 2. The summed E-state index contributed by atoms with van der Waals surface area (Å²) in [6.07, 6.45) is 0.601. The molecule has 0 aromatic heterocycles. The summed E-state index contributed by atoms with van der Waals surface area (Å²) >= 11 is 12.1. The van der Waals surface area contributed by atoms with E-state index in [-0.39, 0.29) is 18.6 Å². The van der Waals surface area contributed by atoms with Crippen molar-refractivity contribution in [1.29, 1.82) is 0 Å². The SMILES string of the molecule is COc1ccc([C@H]2CC(c3ccccc3)=NN2C(=O)COc2ccc(Cl)cc2Cl)cc1. The second-order valence-corrected chi connectivity index (χ2v) is 7.85. The van der Waals surface area contributed by atoms with Crippen LogP contribution in [-0.2, 0) is 4.79 Å². The van der Waals surface area contributed by atoms with Gasteiger partial charge in [-0.2, -0.15) is 5.10 Å². The van der Waals surface area contributed by atoms with E-state index >= 15 is 0 Å². The zero-order valence-corrected chi connectivity index (χ0v) is 18.3. The van der Waals surface area contributed by atoms with Gasteiger partial charge in [0.15, 0.2) is 6.61 Å². The molecule has 0 N–H and O–H groups in total. The van der Waals surface area contributed by atoms with Crippen molar-refractivity contribution in [3.8, 4) is 11.5 Å². The van der Waals surface area contributed by atoms with Crippen LogP contribution in [0.15, 0.2) is 77.9 Å². The first-order valence-electron chi connectivity index (χ1n) is 9.72. The summed E-state index contributed by atoms with van der Waals surface area (Å²) in [5, 5.41) is 6.99. The second-order valence-electron chi connectivity index (χ2n) is 7.01. The summed E-state index contributed by atoms with van der Waals surface area (Å²) in [6.45, 7) is -0.195. The summed E-state index contributed by atoms with van der Waals surface area (Å²) in [5.74, 6) is 0.883. The van der Waals surface area contributed by atoms with Crippen LogP contribution in [0.25, 0.3) is 0 Å². The Morgan fingerprint density at radius 2 is 1.81 bits per heavy atom. The third-order valence-corrected chi connectivity index (χ3v) is 5.55. The number of amides is 1. The number of carbonyl (C=O) groups is 1. The first-order valence-corrected chi connectivity index (χ1v) is 10.5. The zero-order chi connectivity index (χ0) is 21.8. The summed E-state index contributed by atoms with van der Waals surface area (Å²) in [6, 6.07) is 22.1. The van der Waals surface area contributed by atoms with Crippen LogP contribution in [0.2, 0.25) is 10.0 Å². The predicted molar refractivity (Wildman–Crippen MR) is 122 cm³/mol. The van der Waals surface area contributed by atoms with Crippen molar-refractivity contribution < 1.29 is 14.3 Å². The lowest BCUT2D eigenvalue weighted by Gasteiger charge is -2.22. The number of methoxy groups -OCH3 is 1. The van der Waals surface area contributed by atoms with E-state index in [1.165, 1.54) is 5.01 Å². The first-order chi connectivity index (χ1) is 15.0. The molecule has 0 aliphatic carbocycles. The molecule has 0 unspecified atom stereocenters. The number of hydrogen-bond acceptors (Lipinski definition) is 4. The van der Waals surface area contributed by atoms with E-state index < -0.39 is 0 Å². The van der Waals surface area contributed by atoms with Crippen molar-refractivity contribution in [1.82, 2.24) is 5.01 Å². The Labute approximate surface area is 190 Å². The van der Waals surface area contributed by atoms with Crippen LogP contribution in [0.4, 0.5) is 0 Å². The fourth-order valence-electron chi connectivity index (χ4n) is 3.43. The van der Waals surface area contributed by atoms with E-state index in [0.717, 1.165) is 22.6 Å². The Hall–Kier alpha value is -3.02. The van der Waals surface area contributed by atoms with Gasteiger partial charge in [0.2, 0.25) is 0 Å². The van der Waals surface area contributed by atoms with Crippen LogP contribution >= 0.6 is 23.2 Å². The molecule has 1 aliphatic rings. The van der Waals surface area contributed by atoms with Crippen molar-refractivity contribution >= 4 is 34.8 Å². The molecule has 0 spiro atoms. The number of rotatable bonds is 6.